The van der Waals surface area contributed by atoms with E-state index in [4.69, 9.17) is 0 Å². The third-order valence-electron chi connectivity index (χ3n) is 6.12. The van der Waals surface area contributed by atoms with Gasteiger partial charge in [-0.25, -0.2) is 25.4 Å². The van der Waals surface area contributed by atoms with Gasteiger partial charge in [0.2, 0.25) is 6.41 Å². The molecule has 1 amide bonds. The topological polar surface area (TPSA) is 181 Å². The van der Waals surface area contributed by atoms with E-state index >= 15 is 0 Å². The molecular formula is C23H21N5O9S2. The highest BCUT2D eigenvalue weighted by molar-refractivity contribution is 7.93. The second kappa shape index (κ2) is 9.95. The van der Waals surface area contributed by atoms with Crippen molar-refractivity contribution in [3.8, 4) is 0 Å². The molecule has 4 rings (SSSR count). The second-order valence-corrected chi connectivity index (χ2v) is 12.3. The summed E-state index contributed by atoms with van der Waals surface area (Å²) in [7, 11) is -9.11. The molecule has 204 valence electrons. The minimum absolute atomic E-state index is 0.129. The number of sulfonamides is 2. The van der Waals surface area contributed by atoms with Crippen molar-refractivity contribution in [2.24, 2.45) is 0 Å². The van der Waals surface area contributed by atoms with Crippen LogP contribution >= 0.6 is 0 Å². The Hall–Kier alpha value is -4.57. The summed E-state index contributed by atoms with van der Waals surface area (Å²) < 4.78 is 56.6. The molecule has 0 spiro atoms. The number of nitro benzene ring substituents is 2. The molecule has 0 saturated heterocycles. The van der Waals surface area contributed by atoms with Crippen molar-refractivity contribution in [2.75, 3.05) is 21.9 Å². The van der Waals surface area contributed by atoms with Gasteiger partial charge in [0.1, 0.15) is 13.3 Å². The van der Waals surface area contributed by atoms with E-state index in [9.17, 15) is 41.9 Å². The fraction of sp³-hybridized carbons (Fsp3) is 0.174. The van der Waals surface area contributed by atoms with Gasteiger partial charge in [0.05, 0.1) is 31.0 Å². The number of hydrogen-bond acceptors (Lipinski definition) is 9. The zero-order valence-corrected chi connectivity index (χ0v) is 22.1. The van der Waals surface area contributed by atoms with Gasteiger partial charge in [-0.15, -0.1) is 0 Å². The van der Waals surface area contributed by atoms with Crippen molar-refractivity contribution >= 4 is 49.2 Å². The quantitative estimate of drug-likeness (QED) is 0.232. The van der Waals surface area contributed by atoms with Gasteiger partial charge in [-0.3, -0.25) is 25.0 Å². The maximum Gasteiger partial charge on any atom is 0.273 e. The molecule has 0 saturated carbocycles. The first-order valence-corrected chi connectivity index (χ1v) is 14.0. The fourth-order valence-corrected chi connectivity index (χ4v) is 6.98. The smallest absolute Gasteiger partial charge is 0.273 e. The van der Waals surface area contributed by atoms with E-state index < -0.39 is 64.4 Å². The molecule has 39 heavy (non-hydrogen) atoms. The Labute approximate surface area is 223 Å². The Morgan fingerprint density at radius 2 is 1.10 bits per heavy atom. The van der Waals surface area contributed by atoms with E-state index in [1.807, 2.05) is 0 Å². The number of aryl methyl sites for hydroxylation is 2. The average molecular weight is 576 g/mol. The van der Waals surface area contributed by atoms with E-state index in [0.29, 0.717) is 0 Å². The van der Waals surface area contributed by atoms with Crippen LogP contribution in [0.5, 0.6) is 0 Å². The molecule has 16 heteroatoms. The first-order chi connectivity index (χ1) is 18.3. The van der Waals surface area contributed by atoms with Gasteiger partial charge in [-0.05, 0) is 38.1 Å². The Morgan fingerprint density at radius 1 is 0.718 bits per heavy atom. The summed E-state index contributed by atoms with van der Waals surface area (Å²) in [5.41, 5.74) is -0.665. The molecular weight excluding hydrogens is 554 g/mol. The summed E-state index contributed by atoms with van der Waals surface area (Å²) in [6.45, 7) is 1.65. The van der Waals surface area contributed by atoms with E-state index in [-0.39, 0.29) is 28.9 Å². The molecule has 0 N–H and O–H groups in total. The van der Waals surface area contributed by atoms with Crippen molar-refractivity contribution < 1.29 is 31.5 Å². The van der Waals surface area contributed by atoms with Crippen LogP contribution < -0.4 is 8.61 Å². The predicted molar refractivity (Wildman–Crippen MR) is 139 cm³/mol. The van der Waals surface area contributed by atoms with Gasteiger partial charge in [0.25, 0.3) is 31.4 Å². The number of benzene rings is 3. The SMILES string of the molecule is Cc1ccc(S(=O)(=O)N2CN(C=O)CN(S(=O)(=O)c3ccc(C)c([N+](=O)[O-])c3)c3ccccc32)cc1[N+](=O)[O-]. The number of carbonyl (C=O) groups excluding carboxylic acids is 1. The van der Waals surface area contributed by atoms with Gasteiger partial charge < -0.3 is 4.90 Å². The van der Waals surface area contributed by atoms with E-state index in [2.05, 4.69) is 0 Å². The number of carbonyl (C=O) groups is 1. The van der Waals surface area contributed by atoms with Gasteiger partial charge >= 0.3 is 0 Å². The maximum atomic E-state index is 13.8. The van der Waals surface area contributed by atoms with Crippen molar-refractivity contribution in [1.29, 1.82) is 0 Å². The molecule has 0 aromatic heterocycles. The van der Waals surface area contributed by atoms with Gasteiger partial charge in [-0.1, -0.05) is 24.3 Å². The number of fused-ring (bicyclic) bond motifs is 1. The molecule has 0 bridgehead atoms. The number of nitrogens with zero attached hydrogens (tertiary/aromatic N) is 5. The molecule has 1 heterocycles. The predicted octanol–water partition coefficient (Wildman–Crippen LogP) is 2.90. The van der Waals surface area contributed by atoms with Crippen LogP contribution in [0.15, 0.2) is 70.5 Å². The van der Waals surface area contributed by atoms with Crippen LogP contribution in [0, 0.1) is 34.1 Å². The Bertz CT molecular complexity index is 1600. The molecule has 14 nitrogen and oxygen atoms in total. The highest BCUT2D eigenvalue weighted by Gasteiger charge is 2.38. The Kier molecular flexibility index (Phi) is 7.01. The van der Waals surface area contributed by atoms with Crippen LogP contribution in [-0.4, -0.2) is 51.3 Å². The largest absolute Gasteiger partial charge is 0.308 e. The fourth-order valence-electron chi connectivity index (χ4n) is 4.04. The van der Waals surface area contributed by atoms with Crippen molar-refractivity contribution in [2.45, 2.75) is 23.6 Å². The summed E-state index contributed by atoms with van der Waals surface area (Å²) >= 11 is 0. The number of amides is 1. The lowest BCUT2D eigenvalue weighted by molar-refractivity contribution is -0.385. The summed E-state index contributed by atoms with van der Waals surface area (Å²) in [4.78, 5) is 33.4. The highest BCUT2D eigenvalue weighted by Crippen LogP contribution is 2.39. The van der Waals surface area contributed by atoms with E-state index in [1.54, 1.807) is 0 Å². The molecule has 3 aromatic rings. The standard InChI is InChI=1S/C23H21N5O9S2/c1-16-7-9-18(11-22(16)27(30)31)38(34,35)25-13-24(15-29)14-26(21-6-4-3-5-20(21)25)39(36,37)19-10-8-17(2)23(12-19)28(32)33/h3-12,15H,13-14H2,1-2H3. The molecule has 0 atom stereocenters. The van der Waals surface area contributed by atoms with Crippen LogP contribution in [0.2, 0.25) is 0 Å². The highest BCUT2D eigenvalue weighted by atomic mass is 32.2. The summed E-state index contributed by atoms with van der Waals surface area (Å²) in [5, 5.41) is 22.9. The zero-order chi connectivity index (χ0) is 28.7. The third kappa shape index (κ3) is 4.86. The van der Waals surface area contributed by atoms with Crippen molar-refractivity contribution in [1.82, 2.24) is 4.90 Å². The van der Waals surface area contributed by atoms with Crippen LogP contribution in [0.4, 0.5) is 22.7 Å². The van der Waals surface area contributed by atoms with Gasteiger partial charge in [0, 0.05) is 23.3 Å². The molecule has 3 aromatic carbocycles. The lowest BCUT2D eigenvalue weighted by Crippen LogP contribution is -2.43. The lowest BCUT2D eigenvalue weighted by atomic mass is 10.2. The van der Waals surface area contributed by atoms with Crippen molar-refractivity contribution in [3.05, 3.63) is 92.0 Å². The second-order valence-electron chi connectivity index (χ2n) is 8.58. The third-order valence-corrected chi connectivity index (χ3v) is 9.60. The van der Waals surface area contributed by atoms with Crippen LogP contribution in [0.3, 0.4) is 0 Å². The lowest BCUT2D eigenvalue weighted by Gasteiger charge is -2.26. The number of nitro groups is 2. The minimum Gasteiger partial charge on any atom is -0.308 e. The van der Waals surface area contributed by atoms with Gasteiger partial charge in [0.15, 0.2) is 0 Å². The summed E-state index contributed by atoms with van der Waals surface area (Å²) in [6, 6.07) is 12.2. The summed E-state index contributed by atoms with van der Waals surface area (Å²) in [6.07, 6.45) is 0.256. The molecule has 1 aliphatic heterocycles. The zero-order valence-electron chi connectivity index (χ0n) is 20.5. The monoisotopic (exact) mass is 575 g/mol. The number of hydrogen-bond donors (Lipinski definition) is 0. The maximum absolute atomic E-state index is 13.8. The minimum atomic E-state index is -4.55. The van der Waals surface area contributed by atoms with Crippen LogP contribution in [0.25, 0.3) is 0 Å². The average Bonchev–Trinajstić information content (AvgIpc) is 3.06. The molecule has 0 radical (unpaired) electrons. The number of anilines is 2. The molecule has 0 fully saturated rings. The van der Waals surface area contributed by atoms with E-state index in [1.165, 1.54) is 62.4 Å². The number of para-hydroxylation sites is 2. The molecule has 0 aliphatic carbocycles. The summed E-state index contributed by atoms with van der Waals surface area (Å²) in [5.74, 6) is 0. The van der Waals surface area contributed by atoms with E-state index in [0.717, 1.165) is 25.6 Å². The van der Waals surface area contributed by atoms with Crippen LogP contribution in [-0.2, 0) is 24.8 Å². The Balaban J connectivity index is 1.91. The Morgan fingerprint density at radius 3 is 1.44 bits per heavy atom. The first-order valence-electron chi connectivity index (χ1n) is 11.1. The van der Waals surface area contributed by atoms with Gasteiger partial charge in [-0.2, -0.15) is 0 Å². The molecule has 1 aliphatic rings. The first kappa shape index (κ1) is 27.5. The van der Waals surface area contributed by atoms with Crippen LogP contribution in [0.1, 0.15) is 11.1 Å². The van der Waals surface area contributed by atoms with Crippen molar-refractivity contribution in [3.63, 3.8) is 0 Å². The number of rotatable bonds is 7. The molecule has 0 unspecified atom stereocenters. The normalized spacial score (nSPS) is 13.9.